The molecule has 0 aromatic heterocycles. The summed E-state index contributed by atoms with van der Waals surface area (Å²) in [5.41, 5.74) is 0. The Morgan fingerprint density at radius 2 is 1.87 bits per heavy atom. The van der Waals surface area contributed by atoms with Crippen molar-refractivity contribution in [3.05, 3.63) is 24.3 Å². The fourth-order valence-electron chi connectivity index (χ4n) is 1.05. The van der Waals surface area contributed by atoms with Crippen molar-refractivity contribution >= 4 is 5.78 Å². The Kier molecular flexibility index (Phi) is 4.63. The Hall–Kier alpha value is -1.55. The van der Waals surface area contributed by atoms with Crippen LogP contribution < -0.4 is 9.47 Å². The fraction of sp³-hybridized carbons (Fsp3) is 0.364. The van der Waals surface area contributed by atoms with Gasteiger partial charge in [-0.3, -0.25) is 4.79 Å². The van der Waals surface area contributed by atoms with Gasteiger partial charge in [-0.15, -0.1) is 0 Å². The lowest BCUT2D eigenvalue weighted by molar-refractivity contribution is -0.123. The third kappa shape index (κ3) is 3.59. The Balaban J connectivity index is 2.62. The normalized spacial score (nSPS) is 9.73. The van der Waals surface area contributed by atoms with E-state index < -0.39 is 6.61 Å². The zero-order chi connectivity index (χ0) is 11.1. The van der Waals surface area contributed by atoms with Crippen LogP contribution in [0.2, 0.25) is 0 Å². The molecular weight excluding hydrogens is 196 g/mol. The molecular formula is C11H14O4. The molecule has 0 aliphatic heterocycles. The average Bonchev–Trinajstić information content (AvgIpc) is 2.28. The molecule has 15 heavy (non-hydrogen) atoms. The number of aliphatic hydroxyl groups is 1. The lowest BCUT2D eigenvalue weighted by atomic mass is 10.3. The fourth-order valence-corrected chi connectivity index (χ4v) is 1.05. The highest BCUT2D eigenvalue weighted by Crippen LogP contribution is 2.26. The first-order valence-corrected chi connectivity index (χ1v) is 4.75. The van der Waals surface area contributed by atoms with E-state index >= 15 is 0 Å². The van der Waals surface area contributed by atoms with Gasteiger partial charge < -0.3 is 14.6 Å². The average molecular weight is 210 g/mol. The van der Waals surface area contributed by atoms with Crippen molar-refractivity contribution in [3.8, 4) is 11.5 Å². The van der Waals surface area contributed by atoms with Crippen LogP contribution in [0, 0.1) is 0 Å². The lowest BCUT2D eigenvalue weighted by Gasteiger charge is -2.10. The highest BCUT2D eigenvalue weighted by atomic mass is 16.5. The molecule has 0 radical (unpaired) electrons. The molecule has 0 amide bonds. The van der Waals surface area contributed by atoms with Gasteiger partial charge in [0.2, 0.25) is 0 Å². The van der Waals surface area contributed by atoms with Crippen LogP contribution in [-0.4, -0.2) is 30.7 Å². The van der Waals surface area contributed by atoms with Crippen molar-refractivity contribution in [1.82, 2.24) is 0 Å². The number of benzene rings is 1. The van der Waals surface area contributed by atoms with E-state index in [1.54, 1.807) is 18.2 Å². The van der Waals surface area contributed by atoms with Gasteiger partial charge in [-0.25, -0.2) is 0 Å². The number of aliphatic hydroxyl groups excluding tert-OH is 1. The van der Waals surface area contributed by atoms with Crippen LogP contribution in [0.15, 0.2) is 24.3 Å². The maximum absolute atomic E-state index is 10.8. The number of Topliss-reactive ketones (excluding diaryl/α,β-unsaturated/α-hetero) is 1. The van der Waals surface area contributed by atoms with Crippen molar-refractivity contribution in [3.63, 3.8) is 0 Å². The summed E-state index contributed by atoms with van der Waals surface area (Å²) in [7, 11) is 0. The maximum atomic E-state index is 10.8. The van der Waals surface area contributed by atoms with Gasteiger partial charge in [0.1, 0.15) is 13.2 Å². The van der Waals surface area contributed by atoms with Crippen molar-refractivity contribution in [2.45, 2.75) is 6.92 Å². The van der Waals surface area contributed by atoms with Gasteiger partial charge in [0.05, 0.1) is 6.61 Å². The molecule has 0 atom stereocenters. The summed E-state index contributed by atoms with van der Waals surface area (Å²) < 4.78 is 10.5. The predicted octanol–water partition coefficient (Wildman–Crippen LogP) is 1.03. The summed E-state index contributed by atoms with van der Waals surface area (Å²) in [5.74, 6) is 0.758. The van der Waals surface area contributed by atoms with Crippen LogP contribution in [0.1, 0.15) is 6.92 Å². The first kappa shape index (κ1) is 11.5. The third-order valence-electron chi connectivity index (χ3n) is 1.71. The number of hydrogen-bond donors (Lipinski definition) is 1. The van der Waals surface area contributed by atoms with E-state index in [1.165, 1.54) is 0 Å². The van der Waals surface area contributed by atoms with E-state index in [-0.39, 0.29) is 12.4 Å². The van der Waals surface area contributed by atoms with E-state index in [0.717, 1.165) is 0 Å². The number of hydrogen-bond acceptors (Lipinski definition) is 4. The molecule has 0 heterocycles. The van der Waals surface area contributed by atoms with Gasteiger partial charge in [-0.05, 0) is 19.1 Å². The summed E-state index contributed by atoms with van der Waals surface area (Å²) in [4.78, 5) is 10.8. The molecule has 82 valence electrons. The highest BCUT2D eigenvalue weighted by molar-refractivity contribution is 5.80. The quantitative estimate of drug-likeness (QED) is 0.761. The van der Waals surface area contributed by atoms with Gasteiger partial charge in [-0.2, -0.15) is 0 Å². The van der Waals surface area contributed by atoms with E-state index in [0.29, 0.717) is 18.1 Å². The largest absolute Gasteiger partial charge is 0.490 e. The summed E-state index contributed by atoms with van der Waals surface area (Å²) in [5, 5.41) is 8.52. The van der Waals surface area contributed by atoms with Gasteiger partial charge in [0.15, 0.2) is 17.3 Å². The lowest BCUT2D eigenvalue weighted by Crippen LogP contribution is -2.15. The molecule has 0 bridgehead atoms. The maximum Gasteiger partial charge on any atom is 0.195 e. The molecule has 0 spiro atoms. The van der Waals surface area contributed by atoms with Crippen molar-refractivity contribution in [1.29, 1.82) is 0 Å². The first-order valence-electron chi connectivity index (χ1n) is 4.75. The van der Waals surface area contributed by atoms with Crippen molar-refractivity contribution in [2.24, 2.45) is 0 Å². The molecule has 0 fully saturated rings. The minimum atomic E-state index is -0.503. The van der Waals surface area contributed by atoms with Crippen LogP contribution in [0.25, 0.3) is 0 Å². The first-order chi connectivity index (χ1) is 7.27. The Morgan fingerprint density at radius 3 is 2.40 bits per heavy atom. The molecule has 4 nitrogen and oxygen atoms in total. The Morgan fingerprint density at radius 1 is 1.27 bits per heavy atom. The van der Waals surface area contributed by atoms with Crippen LogP contribution in [0.4, 0.5) is 0 Å². The number of carbonyl (C=O) groups excluding carboxylic acids is 1. The molecule has 1 N–H and O–H groups in total. The molecule has 1 aromatic carbocycles. The minimum absolute atomic E-state index is 0.138. The zero-order valence-corrected chi connectivity index (χ0v) is 8.60. The van der Waals surface area contributed by atoms with Gasteiger partial charge in [0, 0.05) is 0 Å². The second-order valence-electron chi connectivity index (χ2n) is 2.87. The SMILES string of the molecule is CCOc1ccccc1OCC(=O)CO. The third-order valence-corrected chi connectivity index (χ3v) is 1.71. The van der Waals surface area contributed by atoms with Gasteiger partial charge >= 0.3 is 0 Å². The second-order valence-corrected chi connectivity index (χ2v) is 2.87. The van der Waals surface area contributed by atoms with Crippen LogP contribution >= 0.6 is 0 Å². The number of ether oxygens (including phenoxy) is 2. The second kappa shape index (κ2) is 6.03. The summed E-state index contributed by atoms with van der Waals surface area (Å²) >= 11 is 0. The van der Waals surface area contributed by atoms with E-state index in [4.69, 9.17) is 14.6 Å². The topological polar surface area (TPSA) is 55.8 Å². The molecule has 0 saturated heterocycles. The molecule has 0 aliphatic carbocycles. The number of rotatable bonds is 6. The van der Waals surface area contributed by atoms with E-state index in [2.05, 4.69) is 0 Å². The molecule has 0 saturated carbocycles. The predicted molar refractivity (Wildman–Crippen MR) is 55.2 cm³/mol. The number of carbonyl (C=O) groups is 1. The highest BCUT2D eigenvalue weighted by Gasteiger charge is 2.05. The summed E-state index contributed by atoms with van der Waals surface area (Å²) in [6, 6.07) is 7.10. The van der Waals surface area contributed by atoms with Crippen LogP contribution in [0.3, 0.4) is 0 Å². The molecule has 1 rings (SSSR count). The molecule has 0 unspecified atom stereocenters. The summed E-state index contributed by atoms with van der Waals surface area (Å²) in [6.07, 6.45) is 0. The molecule has 1 aromatic rings. The molecule has 0 aliphatic rings. The zero-order valence-electron chi connectivity index (χ0n) is 8.60. The van der Waals surface area contributed by atoms with Crippen molar-refractivity contribution in [2.75, 3.05) is 19.8 Å². The van der Waals surface area contributed by atoms with Crippen LogP contribution in [0.5, 0.6) is 11.5 Å². The monoisotopic (exact) mass is 210 g/mol. The van der Waals surface area contributed by atoms with Gasteiger partial charge in [-0.1, -0.05) is 12.1 Å². The Labute approximate surface area is 88.4 Å². The molecule has 4 heteroatoms. The summed E-state index contributed by atoms with van der Waals surface area (Å²) in [6.45, 7) is 1.77. The van der Waals surface area contributed by atoms with Crippen molar-refractivity contribution < 1.29 is 19.4 Å². The smallest absolute Gasteiger partial charge is 0.195 e. The number of para-hydroxylation sites is 2. The van der Waals surface area contributed by atoms with Gasteiger partial charge in [0.25, 0.3) is 0 Å². The Bertz CT molecular complexity index is 322. The van der Waals surface area contributed by atoms with E-state index in [1.807, 2.05) is 13.0 Å². The minimum Gasteiger partial charge on any atom is -0.490 e. The van der Waals surface area contributed by atoms with Crippen LogP contribution in [-0.2, 0) is 4.79 Å². The van der Waals surface area contributed by atoms with E-state index in [9.17, 15) is 4.79 Å². The standard InChI is InChI=1S/C11H14O4/c1-2-14-10-5-3-4-6-11(10)15-8-9(13)7-12/h3-6,12H,2,7-8H2,1H3. The number of ketones is 1.